The zero-order chi connectivity index (χ0) is 11.1. The molecule has 0 radical (unpaired) electrons. The van der Waals surface area contributed by atoms with E-state index in [9.17, 15) is 8.42 Å². The molecule has 3 nitrogen and oxygen atoms in total. The highest BCUT2D eigenvalue weighted by Crippen LogP contribution is 2.09. The Balaban J connectivity index is 2.50. The molecule has 0 amide bonds. The molecule has 1 aromatic rings. The van der Waals surface area contributed by atoms with E-state index in [1.807, 2.05) is 6.07 Å². The Bertz CT molecular complexity index is 378. The van der Waals surface area contributed by atoms with E-state index in [0.29, 0.717) is 18.0 Å². The molecule has 0 unspecified atom stereocenters. The molecule has 1 N–H and O–H groups in total. The molecule has 0 aromatic heterocycles. The average molecular weight is 248 g/mol. The number of alkyl halides is 1. The van der Waals surface area contributed by atoms with Gasteiger partial charge in [-0.05, 0) is 25.0 Å². The number of sulfonamides is 1. The predicted octanol–water partition coefficient (Wildman–Crippen LogP) is 2.45. The number of hydrogen-bond donors (Lipinski definition) is 1. The van der Waals surface area contributed by atoms with Crippen LogP contribution in [0.25, 0.3) is 0 Å². The van der Waals surface area contributed by atoms with Crippen molar-refractivity contribution < 1.29 is 8.42 Å². The van der Waals surface area contributed by atoms with Crippen molar-refractivity contribution in [2.45, 2.75) is 12.8 Å². The van der Waals surface area contributed by atoms with E-state index in [2.05, 4.69) is 4.72 Å². The van der Waals surface area contributed by atoms with Crippen LogP contribution in [-0.4, -0.2) is 20.1 Å². The van der Waals surface area contributed by atoms with E-state index < -0.39 is 10.0 Å². The first-order valence-corrected chi connectivity index (χ1v) is 6.94. The van der Waals surface area contributed by atoms with Crippen molar-refractivity contribution in [3.05, 3.63) is 30.3 Å². The maximum atomic E-state index is 11.5. The third-order valence-corrected chi connectivity index (χ3v) is 3.48. The smallest absolute Gasteiger partial charge is 0.232 e. The minimum Gasteiger partial charge on any atom is -0.284 e. The van der Waals surface area contributed by atoms with Gasteiger partial charge in [0.1, 0.15) is 0 Å². The number of anilines is 1. The van der Waals surface area contributed by atoms with Gasteiger partial charge in [-0.25, -0.2) is 8.42 Å². The first-order valence-electron chi connectivity index (χ1n) is 4.75. The van der Waals surface area contributed by atoms with Crippen molar-refractivity contribution in [2.75, 3.05) is 16.4 Å². The minimum atomic E-state index is -3.22. The van der Waals surface area contributed by atoms with E-state index in [-0.39, 0.29) is 5.75 Å². The second kappa shape index (κ2) is 5.98. The van der Waals surface area contributed by atoms with Gasteiger partial charge >= 0.3 is 0 Å². The van der Waals surface area contributed by atoms with Gasteiger partial charge in [0.25, 0.3) is 0 Å². The lowest BCUT2D eigenvalue weighted by molar-refractivity contribution is 0.598. The number of nitrogens with one attached hydrogen (secondary N) is 1. The Morgan fingerprint density at radius 1 is 1.13 bits per heavy atom. The number of para-hydroxylation sites is 1. The van der Waals surface area contributed by atoms with Crippen LogP contribution >= 0.6 is 11.6 Å². The summed E-state index contributed by atoms with van der Waals surface area (Å²) >= 11 is 5.48. The van der Waals surface area contributed by atoms with Gasteiger partial charge in [-0.15, -0.1) is 11.6 Å². The van der Waals surface area contributed by atoms with Gasteiger partial charge in [0.2, 0.25) is 10.0 Å². The lowest BCUT2D eigenvalue weighted by Crippen LogP contribution is -2.16. The van der Waals surface area contributed by atoms with Crippen LogP contribution in [0.2, 0.25) is 0 Å². The van der Waals surface area contributed by atoms with Crippen LogP contribution in [-0.2, 0) is 10.0 Å². The predicted molar refractivity (Wildman–Crippen MR) is 63.8 cm³/mol. The van der Waals surface area contributed by atoms with Gasteiger partial charge in [-0.2, -0.15) is 0 Å². The standard InChI is InChI=1S/C10H14ClNO2S/c11-8-4-5-9-15(13,14)12-10-6-2-1-3-7-10/h1-3,6-7,12H,4-5,8-9H2. The fourth-order valence-electron chi connectivity index (χ4n) is 1.12. The molecule has 1 rings (SSSR count). The van der Waals surface area contributed by atoms with Crippen LogP contribution in [0, 0.1) is 0 Å². The zero-order valence-electron chi connectivity index (χ0n) is 8.32. The Morgan fingerprint density at radius 2 is 1.80 bits per heavy atom. The Hall–Kier alpha value is -0.740. The molecule has 0 spiro atoms. The molecule has 0 aliphatic heterocycles. The van der Waals surface area contributed by atoms with E-state index in [4.69, 9.17) is 11.6 Å². The highest BCUT2D eigenvalue weighted by molar-refractivity contribution is 7.92. The summed E-state index contributed by atoms with van der Waals surface area (Å²) in [6.45, 7) is 0. The maximum Gasteiger partial charge on any atom is 0.232 e. The lowest BCUT2D eigenvalue weighted by atomic mass is 10.3. The summed E-state index contributed by atoms with van der Waals surface area (Å²) < 4.78 is 25.5. The molecule has 15 heavy (non-hydrogen) atoms. The van der Waals surface area contributed by atoms with Crippen LogP contribution in [0.15, 0.2) is 30.3 Å². The molecule has 1 aromatic carbocycles. The van der Waals surface area contributed by atoms with E-state index >= 15 is 0 Å². The first kappa shape index (κ1) is 12.3. The van der Waals surface area contributed by atoms with Crippen molar-refractivity contribution in [2.24, 2.45) is 0 Å². The van der Waals surface area contributed by atoms with Crippen molar-refractivity contribution >= 4 is 27.3 Å². The lowest BCUT2D eigenvalue weighted by Gasteiger charge is -2.06. The molecule has 5 heteroatoms. The van der Waals surface area contributed by atoms with E-state index in [1.165, 1.54) is 0 Å². The highest BCUT2D eigenvalue weighted by atomic mass is 35.5. The summed E-state index contributed by atoms with van der Waals surface area (Å²) in [5, 5.41) is 0. The molecule has 0 heterocycles. The van der Waals surface area contributed by atoms with Crippen LogP contribution < -0.4 is 4.72 Å². The van der Waals surface area contributed by atoms with Crippen LogP contribution in [0.1, 0.15) is 12.8 Å². The number of halogens is 1. The summed E-state index contributed by atoms with van der Waals surface area (Å²) in [7, 11) is -3.22. The molecular weight excluding hydrogens is 234 g/mol. The number of benzene rings is 1. The fraction of sp³-hybridized carbons (Fsp3) is 0.400. The molecule has 0 atom stereocenters. The zero-order valence-corrected chi connectivity index (χ0v) is 9.89. The Morgan fingerprint density at radius 3 is 2.40 bits per heavy atom. The highest BCUT2D eigenvalue weighted by Gasteiger charge is 2.08. The summed E-state index contributed by atoms with van der Waals surface area (Å²) in [6.07, 6.45) is 1.31. The first-order chi connectivity index (χ1) is 7.14. The molecule has 0 saturated carbocycles. The van der Waals surface area contributed by atoms with Crippen molar-refractivity contribution in [1.29, 1.82) is 0 Å². The molecule has 0 aliphatic carbocycles. The van der Waals surface area contributed by atoms with Crippen LogP contribution in [0.4, 0.5) is 5.69 Å². The minimum absolute atomic E-state index is 0.120. The molecule has 0 saturated heterocycles. The molecule has 0 bridgehead atoms. The van der Waals surface area contributed by atoms with Crippen LogP contribution in [0.3, 0.4) is 0 Å². The maximum absolute atomic E-state index is 11.5. The third kappa shape index (κ3) is 5.04. The monoisotopic (exact) mass is 247 g/mol. The Kier molecular flexibility index (Phi) is 4.91. The molecule has 84 valence electrons. The largest absolute Gasteiger partial charge is 0.284 e. The SMILES string of the molecule is O=S(=O)(CCCCCl)Nc1ccccc1. The fourth-order valence-corrected chi connectivity index (χ4v) is 2.49. The van der Waals surface area contributed by atoms with Crippen molar-refractivity contribution in [3.63, 3.8) is 0 Å². The molecular formula is C10H14ClNO2S. The topological polar surface area (TPSA) is 46.2 Å². The quantitative estimate of drug-likeness (QED) is 0.620. The average Bonchev–Trinajstić information content (AvgIpc) is 2.18. The summed E-state index contributed by atoms with van der Waals surface area (Å²) in [6, 6.07) is 8.86. The van der Waals surface area contributed by atoms with Gasteiger partial charge in [0, 0.05) is 11.6 Å². The number of unbranched alkanes of at least 4 members (excludes halogenated alkanes) is 1. The second-order valence-corrected chi connectivity index (χ2v) is 5.40. The van der Waals surface area contributed by atoms with E-state index in [1.54, 1.807) is 24.3 Å². The number of rotatable bonds is 6. The molecule has 0 fully saturated rings. The summed E-state index contributed by atoms with van der Waals surface area (Å²) in [4.78, 5) is 0. The van der Waals surface area contributed by atoms with Gasteiger partial charge in [-0.3, -0.25) is 4.72 Å². The summed E-state index contributed by atoms with van der Waals surface area (Å²) in [5.74, 6) is 0.621. The Labute approximate surface area is 95.5 Å². The summed E-state index contributed by atoms with van der Waals surface area (Å²) in [5.41, 5.74) is 0.600. The van der Waals surface area contributed by atoms with E-state index in [0.717, 1.165) is 6.42 Å². The van der Waals surface area contributed by atoms with Gasteiger partial charge in [0.15, 0.2) is 0 Å². The van der Waals surface area contributed by atoms with Gasteiger partial charge in [-0.1, -0.05) is 18.2 Å². The van der Waals surface area contributed by atoms with Crippen molar-refractivity contribution in [1.82, 2.24) is 0 Å². The molecule has 0 aliphatic rings. The normalized spacial score (nSPS) is 11.3. The number of hydrogen-bond acceptors (Lipinski definition) is 2. The van der Waals surface area contributed by atoms with Crippen LogP contribution in [0.5, 0.6) is 0 Å². The van der Waals surface area contributed by atoms with Gasteiger partial charge in [0.05, 0.1) is 5.75 Å². The van der Waals surface area contributed by atoms with Crippen molar-refractivity contribution in [3.8, 4) is 0 Å². The van der Waals surface area contributed by atoms with Gasteiger partial charge < -0.3 is 0 Å². The second-order valence-electron chi connectivity index (χ2n) is 3.18. The third-order valence-electron chi connectivity index (χ3n) is 1.84.